The van der Waals surface area contributed by atoms with E-state index in [2.05, 4.69) is 10.0 Å². The van der Waals surface area contributed by atoms with Crippen molar-refractivity contribution in [3.8, 4) is 0 Å². The van der Waals surface area contributed by atoms with Crippen molar-refractivity contribution >= 4 is 21.4 Å². The number of benzene rings is 1. The smallest absolute Gasteiger partial charge is 0.312 e. The van der Waals surface area contributed by atoms with Gasteiger partial charge in [0.25, 0.3) is 0 Å². The Labute approximate surface area is 117 Å². The van der Waals surface area contributed by atoms with Crippen molar-refractivity contribution in [3.05, 3.63) is 28.3 Å². The van der Waals surface area contributed by atoms with E-state index in [1.54, 1.807) is 0 Å². The summed E-state index contributed by atoms with van der Waals surface area (Å²) in [4.78, 5) is 10.2. The molecule has 0 radical (unpaired) electrons. The van der Waals surface area contributed by atoms with E-state index >= 15 is 0 Å². The number of hydrogen-bond acceptors (Lipinski definition) is 5. The third-order valence-corrected chi connectivity index (χ3v) is 4.97. The number of anilines is 1. The van der Waals surface area contributed by atoms with Crippen LogP contribution in [0.2, 0.25) is 0 Å². The van der Waals surface area contributed by atoms with Crippen LogP contribution >= 0.6 is 0 Å². The maximum atomic E-state index is 12.3. The van der Waals surface area contributed by atoms with Gasteiger partial charge in [-0.2, -0.15) is 0 Å². The van der Waals surface area contributed by atoms with E-state index in [-0.39, 0.29) is 16.6 Å². The molecule has 110 valence electrons. The van der Waals surface area contributed by atoms with Gasteiger partial charge in [0.15, 0.2) is 4.90 Å². The van der Waals surface area contributed by atoms with Gasteiger partial charge in [0.05, 0.1) is 4.92 Å². The summed E-state index contributed by atoms with van der Waals surface area (Å²) in [6.07, 6.45) is 3.51. The molecule has 0 heterocycles. The molecule has 0 aromatic heterocycles. The largest absolute Gasteiger partial charge is 0.383 e. The SMILES string of the molecule is CNc1cccc(S(=O)(=O)NC2CCCC2)c1[N+](=O)[O-]. The molecular formula is C12H17N3O4S. The predicted octanol–water partition coefficient (Wildman–Crippen LogP) is 1.86. The van der Waals surface area contributed by atoms with Crippen LogP contribution in [0.5, 0.6) is 0 Å². The number of nitro groups is 1. The van der Waals surface area contributed by atoms with Crippen molar-refractivity contribution in [2.75, 3.05) is 12.4 Å². The van der Waals surface area contributed by atoms with Crippen LogP contribution in [0.4, 0.5) is 11.4 Å². The molecule has 1 aromatic rings. The Morgan fingerprint density at radius 2 is 1.95 bits per heavy atom. The highest BCUT2D eigenvalue weighted by atomic mass is 32.2. The molecule has 1 aromatic carbocycles. The normalized spacial score (nSPS) is 16.2. The first-order chi connectivity index (χ1) is 9.45. The minimum atomic E-state index is -3.88. The van der Waals surface area contributed by atoms with E-state index in [1.807, 2.05) is 0 Å². The molecule has 1 fully saturated rings. The molecule has 0 saturated heterocycles. The molecule has 0 aliphatic heterocycles. The van der Waals surface area contributed by atoms with Crippen LogP contribution in [0.3, 0.4) is 0 Å². The average Bonchev–Trinajstić information content (AvgIpc) is 2.89. The zero-order valence-electron chi connectivity index (χ0n) is 11.1. The van der Waals surface area contributed by atoms with Crippen LogP contribution < -0.4 is 10.0 Å². The number of rotatable bonds is 5. The number of hydrogen-bond donors (Lipinski definition) is 2. The van der Waals surface area contributed by atoms with Crippen molar-refractivity contribution in [3.63, 3.8) is 0 Å². The van der Waals surface area contributed by atoms with Crippen LogP contribution in [-0.2, 0) is 10.0 Å². The molecule has 0 unspecified atom stereocenters. The summed E-state index contributed by atoms with van der Waals surface area (Å²) in [5.41, 5.74) is -0.232. The van der Waals surface area contributed by atoms with Crippen molar-refractivity contribution < 1.29 is 13.3 Å². The Kier molecular flexibility index (Phi) is 4.24. The first-order valence-corrected chi connectivity index (χ1v) is 7.91. The summed E-state index contributed by atoms with van der Waals surface area (Å²) in [7, 11) is -2.37. The highest BCUT2D eigenvalue weighted by molar-refractivity contribution is 7.89. The molecule has 8 heteroatoms. The maximum Gasteiger partial charge on any atom is 0.312 e. The van der Waals surface area contributed by atoms with Crippen LogP contribution in [0.15, 0.2) is 23.1 Å². The second kappa shape index (κ2) is 5.76. The first kappa shape index (κ1) is 14.7. The van der Waals surface area contributed by atoms with Gasteiger partial charge in [-0.15, -0.1) is 0 Å². The van der Waals surface area contributed by atoms with Gasteiger partial charge in [-0.25, -0.2) is 13.1 Å². The molecule has 2 rings (SSSR count). The van der Waals surface area contributed by atoms with Gasteiger partial charge < -0.3 is 5.32 Å². The van der Waals surface area contributed by atoms with Gasteiger partial charge >= 0.3 is 5.69 Å². The lowest BCUT2D eigenvalue weighted by Crippen LogP contribution is -2.33. The van der Waals surface area contributed by atoms with Gasteiger partial charge in [-0.1, -0.05) is 18.9 Å². The van der Waals surface area contributed by atoms with Crippen LogP contribution in [0, 0.1) is 10.1 Å². The molecule has 20 heavy (non-hydrogen) atoms. The number of sulfonamides is 1. The predicted molar refractivity (Wildman–Crippen MR) is 75.2 cm³/mol. The lowest BCUT2D eigenvalue weighted by atomic mass is 10.3. The molecule has 1 saturated carbocycles. The number of nitrogens with one attached hydrogen (secondary N) is 2. The fraction of sp³-hybridized carbons (Fsp3) is 0.500. The van der Waals surface area contributed by atoms with Gasteiger partial charge in [0, 0.05) is 13.1 Å². The fourth-order valence-electron chi connectivity index (χ4n) is 2.46. The lowest BCUT2D eigenvalue weighted by Gasteiger charge is -2.13. The minimum absolute atomic E-state index is 0.127. The maximum absolute atomic E-state index is 12.3. The summed E-state index contributed by atoms with van der Waals surface area (Å²) in [5, 5.41) is 13.8. The zero-order chi connectivity index (χ0) is 14.8. The van der Waals surface area contributed by atoms with Gasteiger partial charge in [-0.05, 0) is 25.0 Å². The summed E-state index contributed by atoms with van der Waals surface area (Å²) in [5.74, 6) is 0. The lowest BCUT2D eigenvalue weighted by molar-refractivity contribution is -0.386. The summed E-state index contributed by atoms with van der Waals surface area (Å²) >= 11 is 0. The summed E-state index contributed by atoms with van der Waals surface area (Å²) in [6, 6.07) is 4.10. The summed E-state index contributed by atoms with van der Waals surface area (Å²) in [6.45, 7) is 0. The van der Waals surface area contributed by atoms with Crippen molar-refractivity contribution in [1.29, 1.82) is 0 Å². The molecule has 2 N–H and O–H groups in total. The molecule has 0 amide bonds. The van der Waals surface area contributed by atoms with Crippen LogP contribution in [-0.4, -0.2) is 26.4 Å². The molecule has 0 bridgehead atoms. The van der Waals surface area contributed by atoms with Gasteiger partial charge in [0.1, 0.15) is 5.69 Å². The van der Waals surface area contributed by atoms with E-state index in [1.165, 1.54) is 25.2 Å². The van der Waals surface area contributed by atoms with Crippen LogP contribution in [0.25, 0.3) is 0 Å². The topological polar surface area (TPSA) is 101 Å². The Morgan fingerprint density at radius 1 is 1.30 bits per heavy atom. The zero-order valence-corrected chi connectivity index (χ0v) is 11.9. The Balaban J connectivity index is 2.42. The molecule has 1 aliphatic rings. The van der Waals surface area contributed by atoms with Crippen LogP contribution in [0.1, 0.15) is 25.7 Å². The quantitative estimate of drug-likeness (QED) is 0.638. The van der Waals surface area contributed by atoms with Crippen molar-refractivity contribution in [1.82, 2.24) is 4.72 Å². The van der Waals surface area contributed by atoms with E-state index < -0.39 is 20.6 Å². The minimum Gasteiger partial charge on any atom is -0.383 e. The van der Waals surface area contributed by atoms with E-state index in [4.69, 9.17) is 0 Å². The van der Waals surface area contributed by atoms with Gasteiger partial charge in [-0.3, -0.25) is 10.1 Å². The Hall–Kier alpha value is -1.67. The Morgan fingerprint density at radius 3 is 2.50 bits per heavy atom. The van der Waals surface area contributed by atoms with E-state index in [0.29, 0.717) is 0 Å². The highest BCUT2D eigenvalue weighted by Gasteiger charge is 2.31. The third-order valence-electron chi connectivity index (χ3n) is 3.42. The average molecular weight is 299 g/mol. The van der Waals surface area contributed by atoms with E-state index in [0.717, 1.165) is 25.7 Å². The highest BCUT2D eigenvalue weighted by Crippen LogP contribution is 2.32. The molecular weight excluding hydrogens is 282 g/mol. The first-order valence-electron chi connectivity index (χ1n) is 6.43. The second-order valence-electron chi connectivity index (χ2n) is 4.76. The standard InChI is InChI=1S/C12H17N3O4S/c1-13-10-7-4-8-11(12(10)15(16)17)20(18,19)14-9-5-2-3-6-9/h4,7-9,13-14H,2-3,5-6H2,1H3. The molecule has 0 atom stereocenters. The number of para-hydroxylation sites is 1. The van der Waals surface area contributed by atoms with E-state index in [9.17, 15) is 18.5 Å². The van der Waals surface area contributed by atoms with Gasteiger partial charge in [0.2, 0.25) is 10.0 Å². The monoisotopic (exact) mass is 299 g/mol. The van der Waals surface area contributed by atoms with Crippen molar-refractivity contribution in [2.24, 2.45) is 0 Å². The molecule has 7 nitrogen and oxygen atoms in total. The Bertz CT molecular complexity index is 609. The summed E-state index contributed by atoms with van der Waals surface area (Å²) < 4.78 is 27.2. The number of nitro benzene ring substituents is 1. The third kappa shape index (κ3) is 2.91. The fourth-order valence-corrected chi connectivity index (χ4v) is 3.95. The second-order valence-corrected chi connectivity index (χ2v) is 6.44. The van der Waals surface area contributed by atoms with Crippen molar-refractivity contribution in [2.45, 2.75) is 36.6 Å². The molecule has 1 aliphatic carbocycles. The molecule has 0 spiro atoms. The number of nitrogens with zero attached hydrogens (tertiary/aromatic N) is 1.